The molecule has 3 aliphatic rings. The molecule has 1 N–H and O–H groups in total. The normalized spacial score (nSPS) is 20.9. The Morgan fingerprint density at radius 1 is 1.27 bits per heavy atom. The van der Waals surface area contributed by atoms with Crippen LogP contribution in [0.5, 0.6) is 0 Å². The van der Waals surface area contributed by atoms with Crippen LogP contribution in [0, 0.1) is 0 Å². The predicted molar refractivity (Wildman–Crippen MR) is 86.5 cm³/mol. The van der Waals surface area contributed by atoms with Gasteiger partial charge in [-0.1, -0.05) is 12.1 Å². The number of hydrogen-bond donors (Lipinski definition) is 1. The molecule has 0 amide bonds. The van der Waals surface area contributed by atoms with Crippen molar-refractivity contribution in [2.24, 2.45) is 4.99 Å². The van der Waals surface area contributed by atoms with Crippen molar-refractivity contribution in [3.8, 4) is 0 Å². The summed E-state index contributed by atoms with van der Waals surface area (Å²) in [6, 6.07) is 6.12. The lowest BCUT2D eigenvalue weighted by molar-refractivity contribution is 0.352. The van der Waals surface area contributed by atoms with Crippen LogP contribution in [-0.2, 0) is 4.74 Å². The fourth-order valence-electron chi connectivity index (χ4n) is 3.37. The van der Waals surface area contributed by atoms with Crippen LogP contribution in [-0.4, -0.2) is 23.9 Å². The lowest BCUT2D eigenvalue weighted by atomic mass is 9.90. The minimum atomic E-state index is 0.234. The van der Waals surface area contributed by atoms with Crippen LogP contribution in [0.2, 0.25) is 0 Å². The minimum Gasteiger partial charge on any atom is -0.465 e. The monoisotopic (exact) mass is 293 g/mol. The van der Waals surface area contributed by atoms with Crippen LogP contribution >= 0.6 is 0 Å². The third kappa shape index (κ3) is 2.45. The maximum absolute atomic E-state index is 5.82. The molecule has 112 valence electrons. The van der Waals surface area contributed by atoms with Gasteiger partial charge in [-0.25, -0.2) is 0 Å². The first-order valence-electron chi connectivity index (χ1n) is 7.86. The van der Waals surface area contributed by atoms with Crippen molar-refractivity contribution >= 4 is 5.84 Å². The lowest BCUT2D eigenvalue weighted by Crippen LogP contribution is -2.22. The molecule has 1 unspecified atom stereocenters. The zero-order valence-corrected chi connectivity index (χ0v) is 12.5. The summed E-state index contributed by atoms with van der Waals surface area (Å²) in [4.78, 5) is 9.16. The summed E-state index contributed by atoms with van der Waals surface area (Å²) in [6.07, 6.45) is 10.7. The average Bonchev–Trinajstić information content (AvgIpc) is 3.23. The first-order chi connectivity index (χ1) is 10.9. The molecule has 1 aromatic rings. The van der Waals surface area contributed by atoms with Gasteiger partial charge in [0.05, 0.1) is 18.6 Å². The Labute approximate surface area is 130 Å². The van der Waals surface area contributed by atoms with E-state index in [2.05, 4.69) is 33.5 Å². The van der Waals surface area contributed by atoms with Gasteiger partial charge in [0, 0.05) is 30.8 Å². The van der Waals surface area contributed by atoms with Gasteiger partial charge in [0.15, 0.2) is 0 Å². The number of nitrogens with zero attached hydrogens (tertiary/aromatic N) is 2. The summed E-state index contributed by atoms with van der Waals surface area (Å²) in [6.45, 7) is 1.82. The number of allylic oxidation sites excluding steroid dienone is 4. The average molecular weight is 293 g/mol. The molecule has 0 spiro atoms. The smallest absolute Gasteiger partial charge is 0.129 e. The summed E-state index contributed by atoms with van der Waals surface area (Å²) < 4.78 is 5.82. The molecule has 0 aromatic carbocycles. The quantitative estimate of drug-likeness (QED) is 0.928. The van der Waals surface area contributed by atoms with Gasteiger partial charge < -0.3 is 10.1 Å². The molecular formula is C18H19N3O. The molecule has 3 heterocycles. The van der Waals surface area contributed by atoms with Crippen LogP contribution in [0.25, 0.3) is 0 Å². The van der Waals surface area contributed by atoms with E-state index in [1.807, 2.05) is 18.3 Å². The molecule has 0 bridgehead atoms. The van der Waals surface area contributed by atoms with Gasteiger partial charge in [-0.05, 0) is 42.2 Å². The zero-order valence-electron chi connectivity index (χ0n) is 12.5. The van der Waals surface area contributed by atoms with Crippen LogP contribution in [0.1, 0.15) is 30.9 Å². The SMILES string of the molecule is C1=COC2=C(C(CC3=NCCN3)c3ccccn3)CCC2=C1. The van der Waals surface area contributed by atoms with Crippen molar-refractivity contribution in [3.63, 3.8) is 0 Å². The maximum atomic E-state index is 5.82. The number of rotatable bonds is 4. The topological polar surface area (TPSA) is 46.5 Å². The number of aliphatic imine (C=N–C) groups is 1. The molecule has 0 saturated carbocycles. The van der Waals surface area contributed by atoms with Gasteiger partial charge >= 0.3 is 0 Å². The van der Waals surface area contributed by atoms with Crippen LogP contribution in [0.15, 0.2) is 64.7 Å². The number of aromatic nitrogens is 1. The second kappa shape index (κ2) is 5.79. The van der Waals surface area contributed by atoms with Crippen LogP contribution in [0.3, 0.4) is 0 Å². The molecule has 22 heavy (non-hydrogen) atoms. The Kier molecular flexibility index (Phi) is 3.51. The Morgan fingerprint density at radius 3 is 3.09 bits per heavy atom. The molecule has 0 radical (unpaired) electrons. The van der Waals surface area contributed by atoms with E-state index in [1.165, 1.54) is 11.1 Å². The summed E-state index contributed by atoms with van der Waals surface area (Å²) >= 11 is 0. The van der Waals surface area contributed by atoms with Crippen molar-refractivity contribution < 1.29 is 4.74 Å². The third-order valence-corrected chi connectivity index (χ3v) is 4.42. The molecule has 4 heteroatoms. The van der Waals surface area contributed by atoms with Gasteiger partial charge in [-0.15, -0.1) is 0 Å². The number of amidine groups is 1. The molecule has 2 aliphatic heterocycles. The fourth-order valence-corrected chi connectivity index (χ4v) is 3.37. The van der Waals surface area contributed by atoms with Crippen molar-refractivity contribution in [2.45, 2.75) is 25.2 Å². The van der Waals surface area contributed by atoms with Crippen molar-refractivity contribution in [3.05, 3.63) is 65.4 Å². The highest BCUT2D eigenvalue weighted by molar-refractivity contribution is 5.84. The van der Waals surface area contributed by atoms with Gasteiger partial charge in [-0.3, -0.25) is 9.98 Å². The maximum Gasteiger partial charge on any atom is 0.129 e. The number of pyridine rings is 1. The Morgan fingerprint density at radius 2 is 2.27 bits per heavy atom. The van der Waals surface area contributed by atoms with E-state index in [4.69, 9.17) is 4.74 Å². The second-order valence-corrected chi connectivity index (χ2v) is 5.76. The summed E-state index contributed by atoms with van der Waals surface area (Å²) in [5.74, 6) is 2.38. The standard InChI is InChI=1S/C18H19N3O/c1-2-8-19-16(5-1)15(12-17-20-9-10-21-17)14-7-6-13-4-3-11-22-18(13)14/h1-5,8,11,15H,6-7,9-10,12H2,(H,20,21). The van der Waals surface area contributed by atoms with E-state index >= 15 is 0 Å². The highest BCUT2D eigenvalue weighted by atomic mass is 16.5. The number of hydrogen-bond acceptors (Lipinski definition) is 4. The van der Waals surface area contributed by atoms with Crippen molar-refractivity contribution in [2.75, 3.05) is 13.1 Å². The molecule has 4 rings (SSSR count). The van der Waals surface area contributed by atoms with Gasteiger partial charge in [0.1, 0.15) is 5.76 Å². The van der Waals surface area contributed by atoms with Gasteiger partial charge in [-0.2, -0.15) is 0 Å². The second-order valence-electron chi connectivity index (χ2n) is 5.76. The van der Waals surface area contributed by atoms with Crippen LogP contribution < -0.4 is 5.32 Å². The molecule has 1 atom stereocenters. The number of nitrogens with one attached hydrogen (secondary N) is 1. The first kappa shape index (κ1) is 13.3. The number of fused-ring (bicyclic) bond motifs is 1. The molecule has 0 saturated heterocycles. The Bertz CT molecular complexity index is 686. The predicted octanol–water partition coefficient (Wildman–Crippen LogP) is 3.08. The van der Waals surface area contributed by atoms with Gasteiger partial charge in [0.25, 0.3) is 0 Å². The molecular weight excluding hydrogens is 274 g/mol. The van der Waals surface area contributed by atoms with Crippen molar-refractivity contribution in [1.29, 1.82) is 0 Å². The van der Waals surface area contributed by atoms with E-state index in [9.17, 15) is 0 Å². The zero-order chi connectivity index (χ0) is 14.8. The van der Waals surface area contributed by atoms with E-state index in [1.54, 1.807) is 6.26 Å². The van der Waals surface area contributed by atoms with E-state index in [0.717, 1.165) is 49.6 Å². The highest BCUT2D eigenvalue weighted by Crippen LogP contribution is 2.42. The molecule has 1 aliphatic carbocycles. The fraction of sp³-hybridized carbons (Fsp3) is 0.333. The number of ether oxygens (including phenoxy) is 1. The largest absolute Gasteiger partial charge is 0.465 e. The summed E-state index contributed by atoms with van der Waals surface area (Å²) in [5, 5.41) is 3.38. The summed E-state index contributed by atoms with van der Waals surface area (Å²) in [7, 11) is 0. The Balaban J connectivity index is 1.71. The van der Waals surface area contributed by atoms with E-state index < -0.39 is 0 Å². The lowest BCUT2D eigenvalue weighted by Gasteiger charge is -2.20. The minimum absolute atomic E-state index is 0.234. The van der Waals surface area contributed by atoms with E-state index in [0.29, 0.717) is 0 Å². The molecule has 4 nitrogen and oxygen atoms in total. The third-order valence-electron chi connectivity index (χ3n) is 4.42. The highest BCUT2D eigenvalue weighted by Gasteiger charge is 2.31. The Hall–Kier alpha value is -2.36. The van der Waals surface area contributed by atoms with Crippen molar-refractivity contribution in [1.82, 2.24) is 10.3 Å². The van der Waals surface area contributed by atoms with Gasteiger partial charge in [0.2, 0.25) is 0 Å². The molecule has 0 fully saturated rings. The summed E-state index contributed by atoms with van der Waals surface area (Å²) in [5.41, 5.74) is 3.76. The first-order valence-corrected chi connectivity index (χ1v) is 7.86. The van der Waals surface area contributed by atoms with Crippen LogP contribution in [0.4, 0.5) is 0 Å². The molecule has 1 aromatic heterocycles. The van der Waals surface area contributed by atoms with E-state index in [-0.39, 0.29) is 5.92 Å².